The maximum absolute atomic E-state index is 13.0. The Kier molecular flexibility index (Phi) is 6.84. The molecule has 1 heterocycles. The van der Waals surface area contributed by atoms with Crippen LogP contribution in [0.3, 0.4) is 0 Å². The van der Waals surface area contributed by atoms with Crippen LogP contribution in [0.1, 0.15) is 10.4 Å². The third-order valence-electron chi connectivity index (χ3n) is 4.85. The van der Waals surface area contributed by atoms with Crippen molar-refractivity contribution in [1.29, 1.82) is 0 Å². The second-order valence-corrected chi connectivity index (χ2v) is 8.72. The molecule has 1 amide bonds. The first kappa shape index (κ1) is 23.7. The molecule has 1 aliphatic rings. The lowest BCUT2D eigenvalue weighted by Crippen LogP contribution is -2.50. The van der Waals surface area contributed by atoms with Gasteiger partial charge in [0.15, 0.2) is 11.5 Å². The van der Waals surface area contributed by atoms with Gasteiger partial charge < -0.3 is 19.1 Å². The Labute approximate surface area is 183 Å². The van der Waals surface area contributed by atoms with Gasteiger partial charge in [-0.2, -0.15) is 4.31 Å². The maximum Gasteiger partial charge on any atom is 0.573 e. The van der Waals surface area contributed by atoms with Crippen molar-refractivity contribution in [2.45, 2.75) is 11.3 Å². The van der Waals surface area contributed by atoms with E-state index in [1.807, 2.05) is 0 Å². The maximum atomic E-state index is 13.0. The monoisotopic (exact) mass is 474 g/mol. The van der Waals surface area contributed by atoms with Crippen molar-refractivity contribution < 1.29 is 40.6 Å². The minimum atomic E-state index is -4.82. The summed E-state index contributed by atoms with van der Waals surface area (Å²) in [6.07, 6.45) is -4.82. The van der Waals surface area contributed by atoms with Gasteiger partial charge in [0.2, 0.25) is 10.0 Å². The molecule has 1 aliphatic heterocycles. The molecule has 2 aromatic carbocycles. The molecule has 0 bridgehead atoms. The number of ether oxygens (including phenoxy) is 3. The molecule has 3 rings (SSSR count). The second-order valence-electron chi connectivity index (χ2n) is 6.79. The first-order chi connectivity index (χ1) is 15.0. The smallest absolute Gasteiger partial charge is 0.493 e. The molecular formula is C20H21F3N2O6S. The largest absolute Gasteiger partial charge is 0.573 e. The topological polar surface area (TPSA) is 85.4 Å². The average Bonchev–Trinajstić information content (AvgIpc) is 2.77. The lowest BCUT2D eigenvalue weighted by Gasteiger charge is -2.34. The summed E-state index contributed by atoms with van der Waals surface area (Å²) in [5.74, 6) is -0.166. The standard InChI is InChI=1S/C20H21F3N2O6S/c1-29-17-8-7-16(13-18(17)30-2)32(27,28)25-11-9-24(10-12-25)19(26)14-3-5-15(6-4-14)31-20(21,22)23/h3-8,13H,9-12H2,1-2H3. The van der Waals surface area contributed by atoms with E-state index < -0.39 is 28.0 Å². The fourth-order valence-electron chi connectivity index (χ4n) is 3.24. The number of methoxy groups -OCH3 is 2. The van der Waals surface area contributed by atoms with Crippen molar-refractivity contribution in [2.75, 3.05) is 40.4 Å². The third kappa shape index (κ3) is 5.25. The molecule has 1 fully saturated rings. The van der Waals surface area contributed by atoms with Crippen molar-refractivity contribution in [3.05, 3.63) is 48.0 Å². The van der Waals surface area contributed by atoms with Crippen molar-refractivity contribution >= 4 is 15.9 Å². The highest BCUT2D eigenvalue weighted by Gasteiger charge is 2.32. The van der Waals surface area contributed by atoms with Gasteiger partial charge in [0.05, 0.1) is 19.1 Å². The van der Waals surface area contributed by atoms with Gasteiger partial charge in [-0.05, 0) is 36.4 Å². The molecule has 0 N–H and O–H groups in total. The van der Waals surface area contributed by atoms with Crippen LogP contribution in [0.25, 0.3) is 0 Å². The normalized spacial score (nSPS) is 15.3. The summed E-state index contributed by atoms with van der Waals surface area (Å²) in [5.41, 5.74) is 0.177. The molecule has 0 aromatic heterocycles. The van der Waals surface area contributed by atoms with Crippen LogP contribution in [0.4, 0.5) is 13.2 Å². The molecule has 12 heteroatoms. The summed E-state index contributed by atoms with van der Waals surface area (Å²) < 4.78 is 78.1. The number of benzene rings is 2. The number of nitrogens with zero attached hydrogens (tertiary/aromatic N) is 2. The van der Waals surface area contributed by atoms with Crippen molar-refractivity contribution in [3.63, 3.8) is 0 Å². The second kappa shape index (κ2) is 9.25. The Balaban J connectivity index is 1.66. The number of alkyl halides is 3. The predicted octanol–water partition coefficient (Wildman–Crippen LogP) is 2.75. The van der Waals surface area contributed by atoms with Gasteiger partial charge in [-0.15, -0.1) is 13.2 Å². The zero-order chi connectivity index (χ0) is 23.5. The fraction of sp³-hybridized carbons (Fsp3) is 0.350. The lowest BCUT2D eigenvalue weighted by molar-refractivity contribution is -0.274. The summed E-state index contributed by atoms with van der Waals surface area (Å²) >= 11 is 0. The van der Waals surface area contributed by atoms with Gasteiger partial charge in [0.25, 0.3) is 5.91 Å². The fourth-order valence-corrected chi connectivity index (χ4v) is 4.68. The van der Waals surface area contributed by atoms with Crippen LogP contribution in [0.15, 0.2) is 47.4 Å². The molecule has 2 aromatic rings. The molecule has 32 heavy (non-hydrogen) atoms. The van der Waals surface area contributed by atoms with Crippen LogP contribution in [-0.2, 0) is 10.0 Å². The molecule has 174 valence electrons. The SMILES string of the molecule is COc1ccc(S(=O)(=O)N2CCN(C(=O)c3ccc(OC(F)(F)F)cc3)CC2)cc1OC. The van der Waals surface area contributed by atoms with Crippen LogP contribution >= 0.6 is 0 Å². The Morgan fingerprint density at radius 3 is 2.03 bits per heavy atom. The highest BCUT2D eigenvalue weighted by atomic mass is 32.2. The Bertz CT molecular complexity index is 1070. The number of carbonyl (C=O) groups is 1. The minimum absolute atomic E-state index is 0.0372. The molecular weight excluding hydrogens is 453 g/mol. The first-order valence-electron chi connectivity index (χ1n) is 9.42. The molecule has 0 atom stereocenters. The molecule has 8 nitrogen and oxygen atoms in total. The summed E-state index contributed by atoms with van der Waals surface area (Å²) in [4.78, 5) is 14.1. The van der Waals surface area contributed by atoms with E-state index in [2.05, 4.69) is 4.74 Å². The summed E-state index contributed by atoms with van der Waals surface area (Å²) in [6.45, 7) is 0.397. The number of amides is 1. The molecule has 0 radical (unpaired) electrons. The van der Waals surface area contributed by atoms with Crippen LogP contribution < -0.4 is 14.2 Å². The van der Waals surface area contributed by atoms with Gasteiger partial charge in [0.1, 0.15) is 5.75 Å². The molecule has 1 saturated heterocycles. The zero-order valence-electron chi connectivity index (χ0n) is 17.3. The Morgan fingerprint density at radius 1 is 0.906 bits per heavy atom. The van der Waals surface area contributed by atoms with Gasteiger partial charge in [-0.1, -0.05) is 0 Å². The quantitative estimate of drug-likeness (QED) is 0.640. The van der Waals surface area contributed by atoms with Crippen molar-refractivity contribution in [1.82, 2.24) is 9.21 Å². The van der Waals surface area contributed by atoms with E-state index in [1.165, 1.54) is 53.8 Å². The average molecular weight is 474 g/mol. The van der Waals surface area contributed by atoms with Crippen molar-refractivity contribution in [2.24, 2.45) is 0 Å². The van der Waals surface area contributed by atoms with E-state index in [-0.39, 0.29) is 42.4 Å². The number of halogens is 3. The Morgan fingerprint density at radius 2 is 1.50 bits per heavy atom. The number of sulfonamides is 1. The Hall–Kier alpha value is -2.99. The van der Waals surface area contributed by atoms with E-state index in [0.717, 1.165) is 12.1 Å². The third-order valence-corrected chi connectivity index (χ3v) is 6.75. The van der Waals surface area contributed by atoms with Gasteiger partial charge in [0, 0.05) is 37.8 Å². The number of piperazine rings is 1. The predicted molar refractivity (Wildman–Crippen MR) is 107 cm³/mol. The van der Waals surface area contributed by atoms with Crippen LogP contribution in [0.2, 0.25) is 0 Å². The van der Waals surface area contributed by atoms with Gasteiger partial charge >= 0.3 is 6.36 Å². The van der Waals surface area contributed by atoms with Crippen LogP contribution in [0, 0.1) is 0 Å². The molecule has 0 saturated carbocycles. The van der Waals surface area contributed by atoms with E-state index in [4.69, 9.17) is 9.47 Å². The molecule has 0 unspecified atom stereocenters. The highest BCUT2D eigenvalue weighted by Crippen LogP contribution is 2.31. The molecule has 0 aliphatic carbocycles. The van der Waals surface area contributed by atoms with E-state index in [1.54, 1.807) is 0 Å². The van der Waals surface area contributed by atoms with E-state index in [9.17, 15) is 26.4 Å². The van der Waals surface area contributed by atoms with Gasteiger partial charge in [-0.3, -0.25) is 4.79 Å². The number of carbonyl (C=O) groups excluding carboxylic acids is 1. The van der Waals surface area contributed by atoms with Crippen molar-refractivity contribution in [3.8, 4) is 17.2 Å². The number of hydrogen-bond donors (Lipinski definition) is 0. The van der Waals surface area contributed by atoms with E-state index >= 15 is 0 Å². The lowest BCUT2D eigenvalue weighted by atomic mass is 10.2. The number of hydrogen-bond acceptors (Lipinski definition) is 6. The van der Waals surface area contributed by atoms with Crippen LogP contribution in [0.5, 0.6) is 17.2 Å². The summed E-state index contributed by atoms with van der Waals surface area (Å²) in [7, 11) is -0.973. The van der Waals surface area contributed by atoms with Gasteiger partial charge in [-0.25, -0.2) is 8.42 Å². The minimum Gasteiger partial charge on any atom is -0.493 e. The highest BCUT2D eigenvalue weighted by molar-refractivity contribution is 7.89. The molecule has 0 spiro atoms. The summed E-state index contributed by atoms with van der Waals surface area (Å²) in [5, 5.41) is 0. The van der Waals surface area contributed by atoms with Crippen LogP contribution in [-0.4, -0.2) is 70.3 Å². The number of rotatable bonds is 6. The van der Waals surface area contributed by atoms with E-state index in [0.29, 0.717) is 5.75 Å². The zero-order valence-corrected chi connectivity index (χ0v) is 18.1. The first-order valence-corrected chi connectivity index (χ1v) is 10.9. The summed E-state index contributed by atoms with van der Waals surface area (Å²) in [6, 6.07) is 8.86.